The predicted octanol–water partition coefficient (Wildman–Crippen LogP) is 2.00. The third-order valence-electron chi connectivity index (χ3n) is 4.72. The Morgan fingerprint density at radius 2 is 1.70 bits per heavy atom. The normalized spacial score (nSPS) is 14.7. The lowest BCUT2D eigenvalue weighted by molar-refractivity contribution is -0.126. The molecule has 3 N–H and O–H groups in total. The second-order valence-electron chi connectivity index (χ2n) is 6.36. The molecule has 0 aromatic heterocycles. The Labute approximate surface area is 158 Å². The zero-order valence-corrected chi connectivity index (χ0v) is 15.4. The number of primary amides is 1. The van der Waals surface area contributed by atoms with Gasteiger partial charge in [-0.3, -0.25) is 15.0 Å². The molecule has 1 heterocycles. The van der Waals surface area contributed by atoms with Crippen molar-refractivity contribution in [3.8, 4) is 11.5 Å². The fourth-order valence-corrected chi connectivity index (χ4v) is 3.48. The second-order valence-corrected chi connectivity index (χ2v) is 6.36. The van der Waals surface area contributed by atoms with Crippen LogP contribution in [-0.2, 0) is 17.8 Å². The number of nitrogens with two attached hydrogens (primary N) is 1. The minimum absolute atomic E-state index is 0.433. The molecule has 27 heavy (non-hydrogen) atoms. The molecule has 0 saturated heterocycles. The highest BCUT2D eigenvalue weighted by molar-refractivity contribution is 5.96. The van der Waals surface area contributed by atoms with Crippen molar-refractivity contribution in [1.29, 1.82) is 0 Å². The molecule has 0 unspecified atom stereocenters. The highest BCUT2D eigenvalue weighted by Crippen LogP contribution is 2.35. The number of methoxy groups -OCH3 is 2. The number of rotatable bonds is 5. The van der Waals surface area contributed by atoms with Gasteiger partial charge in [-0.25, -0.2) is 4.79 Å². The summed E-state index contributed by atoms with van der Waals surface area (Å²) in [6.45, 7) is 1.20. The molecule has 142 valence electrons. The number of benzene rings is 2. The average molecular weight is 369 g/mol. The lowest BCUT2D eigenvalue weighted by Gasteiger charge is -2.35. The molecule has 2 aromatic rings. The van der Waals surface area contributed by atoms with Crippen LogP contribution in [0.3, 0.4) is 0 Å². The van der Waals surface area contributed by atoms with Crippen molar-refractivity contribution in [2.24, 2.45) is 5.73 Å². The molecular weight excluding hydrogens is 346 g/mol. The van der Waals surface area contributed by atoms with Gasteiger partial charge in [0.05, 0.1) is 14.2 Å². The van der Waals surface area contributed by atoms with E-state index in [0.717, 1.165) is 23.1 Å². The molecule has 7 nitrogen and oxygen atoms in total. The first-order valence-electron chi connectivity index (χ1n) is 8.66. The topological polar surface area (TPSA) is 93.9 Å². The zero-order valence-electron chi connectivity index (χ0n) is 15.4. The molecule has 1 atom stereocenters. The van der Waals surface area contributed by atoms with Gasteiger partial charge in [0.25, 0.3) is 0 Å². The van der Waals surface area contributed by atoms with Crippen molar-refractivity contribution in [3.05, 3.63) is 59.2 Å². The van der Waals surface area contributed by atoms with E-state index in [0.29, 0.717) is 24.6 Å². The van der Waals surface area contributed by atoms with E-state index in [2.05, 4.69) is 5.32 Å². The molecule has 0 radical (unpaired) electrons. The smallest absolute Gasteiger partial charge is 0.318 e. The maximum Gasteiger partial charge on any atom is 0.318 e. The Balaban J connectivity index is 1.93. The van der Waals surface area contributed by atoms with Gasteiger partial charge in [0, 0.05) is 13.1 Å². The summed E-state index contributed by atoms with van der Waals surface area (Å²) in [5, 5.41) is 2.22. The van der Waals surface area contributed by atoms with E-state index in [1.165, 1.54) is 0 Å². The number of fused-ring (bicyclic) bond motifs is 1. The van der Waals surface area contributed by atoms with Crippen LogP contribution in [0, 0.1) is 0 Å². The van der Waals surface area contributed by atoms with Crippen LogP contribution in [0.4, 0.5) is 4.79 Å². The van der Waals surface area contributed by atoms with Gasteiger partial charge in [0.2, 0.25) is 5.91 Å². The zero-order chi connectivity index (χ0) is 19.4. The number of carbonyl (C=O) groups is 2. The average Bonchev–Trinajstić information content (AvgIpc) is 2.67. The fourth-order valence-electron chi connectivity index (χ4n) is 3.48. The van der Waals surface area contributed by atoms with E-state index in [9.17, 15) is 9.59 Å². The van der Waals surface area contributed by atoms with Gasteiger partial charge in [-0.15, -0.1) is 0 Å². The molecule has 3 amide bonds. The van der Waals surface area contributed by atoms with Crippen molar-refractivity contribution in [2.75, 3.05) is 20.8 Å². The third kappa shape index (κ3) is 4.03. The molecule has 2 aromatic carbocycles. The second kappa shape index (κ2) is 8.09. The molecule has 0 aliphatic carbocycles. The molecule has 7 heteroatoms. The lowest BCUT2D eigenvalue weighted by atomic mass is 9.95. The number of carbonyl (C=O) groups excluding carboxylic acids is 2. The van der Waals surface area contributed by atoms with E-state index in [1.54, 1.807) is 14.2 Å². The van der Waals surface area contributed by atoms with Crippen LogP contribution in [0.1, 0.15) is 22.7 Å². The van der Waals surface area contributed by atoms with Crippen LogP contribution in [0.15, 0.2) is 42.5 Å². The van der Waals surface area contributed by atoms with Gasteiger partial charge >= 0.3 is 6.03 Å². The SMILES string of the molecule is COc1cc2c(cc1OC)CN([C@@H](C(=O)NC(N)=O)c1ccccc1)CC2. The standard InChI is InChI=1S/C20H23N3O4/c1-26-16-10-14-8-9-23(12-15(14)11-17(16)27-2)18(19(24)22-20(21)25)13-6-4-3-5-7-13/h3-7,10-11,18H,8-9,12H2,1-2H3,(H3,21,22,24,25)/t18-/m1/s1. The largest absolute Gasteiger partial charge is 0.493 e. The van der Waals surface area contributed by atoms with Crippen LogP contribution >= 0.6 is 0 Å². The van der Waals surface area contributed by atoms with Gasteiger partial charge in [0.1, 0.15) is 6.04 Å². The van der Waals surface area contributed by atoms with Crippen LogP contribution in [-0.4, -0.2) is 37.6 Å². The fraction of sp³-hybridized carbons (Fsp3) is 0.300. The number of hydrogen-bond acceptors (Lipinski definition) is 5. The van der Waals surface area contributed by atoms with Crippen LogP contribution in [0.25, 0.3) is 0 Å². The van der Waals surface area contributed by atoms with E-state index in [-0.39, 0.29) is 0 Å². The summed E-state index contributed by atoms with van der Waals surface area (Å²) >= 11 is 0. The summed E-state index contributed by atoms with van der Waals surface area (Å²) in [5.41, 5.74) is 8.19. The van der Waals surface area contributed by atoms with E-state index < -0.39 is 18.0 Å². The van der Waals surface area contributed by atoms with Crippen LogP contribution in [0.2, 0.25) is 0 Å². The first kappa shape index (κ1) is 18.7. The van der Waals surface area contributed by atoms with Gasteiger partial charge in [0.15, 0.2) is 11.5 Å². The van der Waals surface area contributed by atoms with Gasteiger partial charge in [-0.2, -0.15) is 0 Å². The van der Waals surface area contributed by atoms with Crippen LogP contribution < -0.4 is 20.5 Å². The number of nitrogens with zero attached hydrogens (tertiary/aromatic N) is 1. The Kier molecular flexibility index (Phi) is 5.61. The van der Waals surface area contributed by atoms with Gasteiger partial charge < -0.3 is 15.2 Å². The molecule has 1 aliphatic heterocycles. The summed E-state index contributed by atoms with van der Waals surface area (Å²) in [5.74, 6) is 0.907. The number of imide groups is 1. The van der Waals surface area contributed by atoms with Crippen LogP contribution in [0.5, 0.6) is 11.5 Å². The van der Waals surface area contributed by atoms with Crippen molar-refractivity contribution < 1.29 is 19.1 Å². The number of nitrogens with one attached hydrogen (secondary N) is 1. The molecule has 0 saturated carbocycles. The number of amides is 3. The first-order valence-corrected chi connectivity index (χ1v) is 8.66. The summed E-state index contributed by atoms with van der Waals surface area (Å²) in [7, 11) is 3.21. The predicted molar refractivity (Wildman–Crippen MR) is 101 cm³/mol. The van der Waals surface area contributed by atoms with Crippen molar-refractivity contribution in [2.45, 2.75) is 19.0 Å². The molecule has 0 spiro atoms. The highest BCUT2D eigenvalue weighted by atomic mass is 16.5. The summed E-state index contributed by atoms with van der Waals surface area (Å²) in [6.07, 6.45) is 0.753. The third-order valence-corrected chi connectivity index (χ3v) is 4.72. The van der Waals surface area contributed by atoms with E-state index in [4.69, 9.17) is 15.2 Å². The Hall–Kier alpha value is -3.06. The number of hydrogen-bond donors (Lipinski definition) is 2. The maximum absolute atomic E-state index is 12.7. The molecule has 0 fully saturated rings. The van der Waals surface area contributed by atoms with E-state index >= 15 is 0 Å². The molecular formula is C20H23N3O4. The summed E-state index contributed by atoms with van der Waals surface area (Å²) < 4.78 is 10.8. The summed E-state index contributed by atoms with van der Waals surface area (Å²) in [6, 6.07) is 11.8. The number of ether oxygens (including phenoxy) is 2. The monoisotopic (exact) mass is 369 g/mol. The Morgan fingerprint density at radius 1 is 1.07 bits per heavy atom. The number of urea groups is 1. The first-order chi connectivity index (χ1) is 13.0. The Morgan fingerprint density at radius 3 is 2.30 bits per heavy atom. The van der Waals surface area contributed by atoms with E-state index in [1.807, 2.05) is 47.4 Å². The molecule has 1 aliphatic rings. The molecule has 3 rings (SSSR count). The van der Waals surface area contributed by atoms with Crippen molar-refractivity contribution >= 4 is 11.9 Å². The minimum atomic E-state index is -0.857. The van der Waals surface area contributed by atoms with Crippen molar-refractivity contribution in [3.63, 3.8) is 0 Å². The minimum Gasteiger partial charge on any atom is -0.493 e. The van der Waals surface area contributed by atoms with Gasteiger partial charge in [-0.05, 0) is 35.2 Å². The summed E-state index contributed by atoms with van der Waals surface area (Å²) in [4.78, 5) is 25.9. The quantitative estimate of drug-likeness (QED) is 0.841. The molecule has 0 bridgehead atoms. The maximum atomic E-state index is 12.7. The highest BCUT2D eigenvalue weighted by Gasteiger charge is 2.31. The van der Waals surface area contributed by atoms with Gasteiger partial charge in [-0.1, -0.05) is 30.3 Å². The lowest BCUT2D eigenvalue weighted by Crippen LogP contribution is -2.46. The Bertz CT molecular complexity index is 839. The van der Waals surface area contributed by atoms with Crippen molar-refractivity contribution in [1.82, 2.24) is 10.2 Å².